The summed E-state index contributed by atoms with van der Waals surface area (Å²) in [6.07, 6.45) is 3.85. The fourth-order valence-corrected chi connectivity index (χ4v) is 2.10. The molecule has 1 heterocycles. The SMILES string of the molecule is CCCCN1CCC(NC(=O)CC(=O)O)CC1. The average molecular weight is 242 g/mol. The highest BCUT2D eigenvalue weighted by Crippen LogP contribution is 2.11. The van der Waals surface area contributed by atoms with Gasteiger partial charge in [0.25, 0.3) is 0 Å². The molecule has 0 spiro atoms. The molecule has 0 bridgehead atoms. The summed E-state index contributed by atoms with van der Waals surface area (Å²) in [5.41, 5.74) is 0. The van der Waals surface area contributed by atoms with E-state index < -0.39 is 12.4 Å². The summed E-state index contributed by atoms with van der Waals surface area (Å²) in [6, 6.07) is 0.153. The zero-order chi connectivity index (χ0) is 12.7. The number of unbranched alkanes of at least 4 members (excludes halogenated alkanes) is 1. The molecule has 0 unspecified atom stereocenters. The first-order valence-electron chi connectivity index (χ1n) is 6.35. The van der Waals surface area contributed by atoms with E-state index in [0.717, 1.165) is 32.5 Å². The molecule has 5 heteroatoms. The van der Waals surface area contributed by atoms with Crippen LogP contribution in [-0.2, 0) is 9.59 Å². The quantitative estimate of drug-likeness (QED) is 0.677. The maximum atomic E-state index is 11.3. The van der Waals surface area contributed by atoms with Crippen molar-refractivity contribution in [2.75, 3.05) is 19.6 Å². The first-order valence-corrected chi connectivity index (χ1v) is 6.35. The first-order chi connectivity index (χ1) is 8.11. The number of amides is 1. The summed E-state index contributed by atoms with van der Waals surface area (Å²) in [6.45, 7) is 5.31. The van der Waals surface area contributed by atoms with E-state index in [1.165, 1.54) is 12.8 Å². The number of rotatable bonds is 6. The minimum absolute atomic E-state index is 0.153. The number of carbonyl (C=O) groups excluding carboxylic acids is 1. The monoisotopic (exact) mass is 242 g/mol. The Balaban J connectivity index is 2.18. The molecule has 0 aliphatic carbocycles. The molecule has 0 saturated carbocycles. The molecule has 0 radical (unpaired) electrons. The minimum Gasteiger partial charge on any atom is -0.481 e. The van der Waals surface area contributed by atoms with Crippen molar-refractivity contribution in [3.8, 4) is 0 Å². The summed E-state index contributed by atoms with van der Waals surface area (Å²) in [7, 11) is 0. The molecule has 1 amide bonds. The van der Waals surface area contributed by atoms with Gasteiger partial charge < -0.3 is 15.3 Å². The fraction of sp³-hybridized carbons (Fsp3) is 0.833. The van der Waals surface area contributed by atoms with Crippen molar-refractivity contribution in [3.05, 3.63) is 0 Å². The minimum atomic E-state index is -1.07. The third-order valence-electron chi connectivity index (χ3n) is 3.09. The lowest BCUT2D eigenvalue weighted by molar-refractivity contribution is -0.140. The van der Waals surface area contributed by atoms with Crippen molar-refractivity contribution < 1.29 is 14.7 Å². The summed E-state index contributed by atoms with van der Waals surface area (Å²) in [5, 5.41) is 11.3. The largest absolute Gasteiger partial charge is 0.481 e. The van der Waals surface area contributed by atoms with Gasteiger partial charge in [-0.1, -0.05) is 13.3 Å². The van der Waals surface area contributed by atoms with Crippen LogP contribution in [-0.4, -0.2) is 47.6 Å². The van der Waals surface area contributed by atoms with Crippen LogP contribution in [0, 0.1) is 0 Å². The molecular formula is C12H22N2O3. The zero-order valence-corrected chi connectivity index (χ0v) is 10.4. The molecule has 0 aromatic heterocycles. The van der Waals surface area contributed by atoms with E-state index in [9.17, 15) is 9.59 Å². The van der Waals surface area contributed by atoms with E-state index in [2.05, 4.69) is 17.1 Å². The van der Waals surface area contributed by atoms with Crippen LogP contribution in [0.15, 0.2) is 0 Å². The van der Waals surface area contributed by atoms with Crippen LogP contribution in [0.3, 0.4) is 0 Å². The lowest BCUT2D eigenvalue weighted by Crippen LogP contribution is -2.45. The number of hydrogen-bond donors (Lipinski definition) is 2. The van der Waals surface area contributed by atoms with Crippen LogP contribution in [0.25, 0.3) is 0 Å². The van der Waals surface area contributed by atoms with Gasteiger partial charge in [-0.05, 0) is 25.8 Å². The van der Waals surface area contributed by atoms with E-state index in [1.54, 1.807) is 0 Å². The third kappa shape index (κ3) is 5.68. The number of carboxylic acids is 1. The molecule has 17 heavy (non-hydrogen) atoms. The Kier molecular flexibility index (Phi) is 5.97. The number of piperidine rings is 1. The Bertz CT molecular complexity index is 260. The average Bonchev–Trinajstić information content (AvgIpc) is 2.27. The number of likely N-dealkylation sites (tertiary alicyclic amines) is 1. The number of nitrogens with zero attached hydrogens (tertiary/aromatic N) is 1. The van der Waals surface area contributed by atoms with Crippen LogP contribution in [0.5, 0.6) is 0 Å². The van der Waals surface area contributed by atoms with Gasteiger partial charge in [0.15, 0.2) is 0 Å². The van der Waals surface area contributed by atoms with Crippen molar-refractivity contribution in [2.24, 2.45) is 0 Å². The van der Waals surface area contributed by atoms with Crippen molar-refractivity contribution in [3.63, 3.8) is 0 Å². The van der Waals surface area contributed by atoms with Crippen LogP contribution in [0.4, 0.5) is 0 Å². The smallest absolute Gasteiger partial charge is 0.312 e. The van der Waals surface area contributed by atoms with Gasteiger partial charge >= 0.3 is 5.97 Å². The second-order valence-corrected chi connectivity index (χ2v) is 4.61. The van der Waals surface area contributed by atoms with Gasteiger partial charge in [-0.25, -0.2) is 0 Å². The lowest BCUT2D eigenvalue weighted by Gasteiger charge is -2.32. The van der Waals surface area contributed by atoms with Crippen molar-refractivity contribution >= 4 is 11.9 Å². The fourth-order valence-electron chi connectivity index (χ4n) is 2.10. The van der Waals surface area contributed by atoms with Gasteiger partial charge in [0.05, 0.1) is 0 Å². The molecule has 1 aliphatic heterocycles. The Labute approximate surface area is 102 Å². The highest BCUT2D eigenvalue weighted by atomic mass is 16.4. The van der Waals surface area contributed by atoms with E-state index in [4.69, 9.17) is 5.11 Å². The van der Waals surface area contributed by atoms with Gasteiger partial charge in [0, 0.05) is 19.1 Å². The summed E-state index contributed by atoms with van der Waals surface area (Å²) in [5.74, 6) is -1.44. The number of nitrogens with one attached hydrogen (secondary N) is 1. The van der Waals surface area contributed by atoms with Crippen molar-refractivity contribution in [1.82, 2.24) is 10.2 Å². The number of hydrogen-bond acceptors (Lipinski definition) is 3. The topological polar surface area (TPSA) is 69.6 Å². The Morgan fingerprint density at radius 3 is 2.53 bits per heavy atom. The standard InChI is InChI=1S/C12H22N2O3/c1-2-3-6-14-7-4-10(5-8-14)13-11(15)9-12(16)17/h10H,2-9H2,1H3,(H,13,15)(H,16,17). The van der Waals surface area contributed by atoms with E-state index >= 15 is 0 Å². The predicted molar refractivity (Wildman–Crippen MR) is 64.8 cm³/mol. The zero-order valence-electron chi connectivity index (χ0n) is 10.4. The third-order valence-corrected chi connectivity index (χ3v) is 3.09. The summed E-state index contributed by atoms with van der Waals surface area (Å²) < 4.78 is 0. The molecule has 1 saturated heterocycles. The van der Waals surface area contributed by atoms with Gasteiger partial charge in [-0.2, -0.15) is 0 Å². The molecular weight excluding hydrogens is 220 g/mol. The molecule has 2 N–H and O–H groups in total. The predicted octanol–water partition coefficient (Wildman–Crippen LogP) is 0.842. The van der Waals surface area contributed by atoms with Crippen LogP contribution >= 0.6 is 0 Å². The molecule has 5 nitrogen and oxygen atoms in total. The van der Waals surface area contributed by atoms with E-state index in [0.29, 0.717) is 0 Å². The van der Waals surface area contributed by atoms with Gasteiger partial charge in [0.2, 0.25) is 5.91 Å². The normalized spacial score (nSPS) is 17.9. The Morgan fingerprint density at radius 1 is 1.35 bits per heavy atom. The second-order valence-electron chi connectivity index (χ2n) is 4.61. The summed E-state index contributed by atoms with van der Waals surface area (Å²) in [4.78, 5) is 24.0. The molecule has 0 atom stereocenters. The van der Waals surface area contributed by atoms with Crippen LogP contribution in [0.1, 0.15) is 39.0 Å². The van der Waals surface area contributed by atoms with Gasteiger partial charge in [-0.3, -0.25) is 9.59 Å². The Hall–Kier alpha value is -1.10. The summed E-state index contributed by atoms with van der Waals surface area (Å²) >= 11 is 0. The first kappa shape index (κ1) is 14.0. The highest BCUT2D eigenvalue weighted by molar-refractivity contribution is 5.93. The Morgan fingerprint density at radius 2 is 2.00 bits per heavy atom. The van der Waals surface area contributed by atoms with Gasteiger partial charge in [0.1, 0.15) is 6.42 Å². The molecule has 1 fully saturated rings. The maximum Gasteiger partial charge on any atom is 0.312 e. The van der Waals surface area contributed by atoms with E-state index in [-0.39, 0.29) is 11.9 Å². The number of aliphatic carboxylic acids is 1. The highest BCUT2D eigenvalue weighted by Gasteiger charge is 2.20. The number of carbonyl (C=O) groups is 2. The second kappa shape index (κ2) is 7.27. The molecule has 98 valence electrons. The van der Waals surface area contributed by atoms with Gasteiger partial charge in [-0.15, -0.1) is 0 Å². The molecule has 1 aliphatic rings. The van der Waals surface area contributed by atoms with E-state index in [1.807, 2.05) is 0 Å². The molecule has 0 aromatic carbocycles. The number of carboxylic acid groups (broad SMARTS) is 1. The molecule has 0 aromatic rings. The van der Waals surface area contributed by atoms with Crippen molar-refractivity contribution in [2.45, 2.75) is 45.1 Å². The lowest BCUT2D eigenvalue weighted by atomic mass is 10.0. The van der Waals surface area contributed by atoms with Crippen molar-refractivity contribution in [1.29, 1.82) is 0 Å². The molecule has 1 rings (SSSR count). The maximum absolute atomic E-state index is 11.3. The van der Waals surface area contributed by atoms with Crippen LogP contribution in [0.2, 0.25) is 0 Å². The van der Waals surface area contributed by atoms with Crippen LogP contribution < -0.4 is 5.32 Å².